The molecule has 3 aromatic carbocycles. The summed E-state index contributed by atoms with van der Waals surface area (Å²) in [6, 6.07) is 23.6. The van der Waals surface area contributed by atoms with Gasteiger partial charge in [-0.25, -0.2) is 10.4 Å². The van der Waals surface area contributed by atoms with Crippen LogP contribution in [-0.2, 0) is 6.61 Å². The van der Waals surface area contributed by atoms with Crippen LogP contribution in [0.1, 0.15) is 5.56 Å². The first-order valence-corrected chi connectivity index (χ1v) is 8.13. The molecule has 0 spiro atoms. The number of fused-ring (bicyclic) bond motifs is 2. The Balaban J connectivity index is 1.51. The smallest absolute Gasteiger partial charge is 0.128 e. The van der Waals surface area contributed by atoms with Gasteiger partial charge in [0.2, 0.25) is 0 Å². The van der Waals surface area contributed by atoms with Crippen molar-refractivity contribution in [3.63, 3.8) is 0 Å². The Hall–Kier alpha value is -3.76. The molecule has 0 aliphatic carbocycles. The van der Waals surface area contributed by atoms with Crippen molar-refractivity contribution in [2.75, 3.05) is 5.43 Å². The fourth-order valence-electron chi connectivity index (χ4n) is 2.77. The Kier molecular flexibility index (Phi) is 4.24. The van der Waals surface area contributed by atoms with Crippen LogP contribution in [0.3, 0.4) is 0 Å². The third-order valence-electron chi connectivity index (χ3n) is 4.07. The average Bonchev–Trinajstić information content (AvgIpc) is 2.69. The van der Waals surface area contributed by atoms with E-state index in [1.54, 1.807) is 0 Å². The standard InChI is InChI=1S/C20H15N5O/c21-24-25-23-17-7-5-14(6-8-17)13-26-18-9-10-20-16(12-18)11-15-3-1-2-4-19(15)22-20/h1-12,23H,13H2. The van der Waals surface area contributed by atoms with Crippen LogP contribution in [0.25, 0.3) is 32.2 Å². The number of ether oxygens (including phenoxy) is 1. The first-order chi connectivity index (χ1) is 12.8. The Labute approximate surface area is 149 Å². The van der Waals surface area contributed by atoms with E-state index in [1.165, 1.54) is 0 Å². The molecule has 6 nitrogen and oxygen atoms in total. The predicted octanol–water partition coefficient (Wildman–Crippen LogP) is 5.60. The van der Waals surface area contributed by atoms with Gasteiger partial charge < -0.3 is 4.74 Å². The van der Waals surface area contributed by atoms with E-state index < -0.39 is 0 Å². The predicted molar refractivity (Wildman–Crippen MR) is 103 cm³/mol. The van der Waals surface area contributed by atoms with Gasteiger partial charge in [-0.3, -0.25) is 0 Å². The minimum atomic E-state index is 0.453. The molecule has 0 saturated heterocycles. The van der Waals surface area contributed by atoms with Crippen LogP contribution in [-0.4, -0.2) is 4.98 Å². The molecule has 1 heterocycles. The first-order valence-electron chi connectivity index (χ1n) is 8.13. The molecule has 0 aliphatic heterocycles. The van der Waals surface area contributed by atoms with Crippen LogP contribution >= 0.6 is 0 Å². The molecular formula is C20H15N5O. The highest BCUT2D eigenvalue weighted by molar-refractivity contribution is 5.93. The van der Waals surface area contributed by atoms with Crippen molar-refractivity contribution in [1.82, 2.24) is 4.98 Å². The Bertz CT molecular complexity index is 1120. The molecule has 0 amide bonds. The summed E-state index contributed by atoms with van der Waals surface area (Å²) in [6.07, 6.45) is 0. The molecule has 0 atom stereocenters. The fourth-order valence-corrected chi connectivity index (χ4v) is 2.77. The van der Waals surface area contributed by atoms with Crippen molar-refractivity contribution >= 4 is 27.5 Å². The second kappa shape index (κ2) is 7.01. The largest absolute Gasteiger partial charge is 0.489 e. The lowest BCUT2D eigenvalue weighted by molar-refractivity contribution is 0.306. The summed E-state index contributed by atoms with van der Waals surface area (Å²) >= 11 is 0. The third kappa shape index (κ3) is 3.36. The second-order valence-corrected chi connectivity index (χ2v) is 5.82. The quantitative estimate of drug-likeness (QED) is 0.168. The summed E-state index contributed by atoms with van der Waals surface area (Å²) in [7, 11) is 0. The maximum absolute atomic E-state index is 8.30. The zero-order valence-electron chi connectivity index (χ0n) is 13.8. The van der Waals surface area contributed by atoms with E-state index in [0.717, 1.165) is 38.8 Å². The molecule has 6 heteroatoms. The van der Waals surface area contributed by atoms with Crippen LogP contribution in [0.15, 0.2) is 78.0 Å². The van der Waals surface area contributed by atoms with E-state index in [4.69, 9.17) is 10.3 Å². The van der Waals surface area contributed by atoms with Gasteiger partial charge in [0.1, 0.15) is 18.0 Å². The van der Waals surface area contributed by atoms with Crippen LogP contribution in [0.4, 0.5) is 5.69 Å². The van der Waals surface area contributed by atoms with Crippen LogP contribution < -0.4 is 10.2 Å². The minimum absolute atomic E-state index is 0.453. The van der Waals surface area contributed by atoms with E-state index in [1.807, 2.05) is 60.7 Å². The number of rotatable bonds is 5. The molecule has 0 aliphatic rings. The zero-order valence-corrected chi connectivity index (χ0v) is 13.8. The van der Waals surface area contributed by atoms with E-state index >= 15 is 0 Å². The van der Waals surface area contributed by atoms with Gasteiger partial charge in [0, 0.05) is 10.8 Å². The monoisotopic (exact) mass is 341 g/mol. The summed E-state index contributed by atoms with van der Waals surface area (Å²) < 4.78 is 5.90. The van der Waals surface area contributed by atoms with Gasteiger partial charge >= 0.3 is 0 Å². The van der Waals surface area contributed by atoms with Gasteiger partial charge in [0.25, 0.3) is 0 Å². The minimum Gasteiger partial charge on any atom is -0.489 e. The highest BCUT2D eigenvalue weighted by atomic mass is 16.5. The van der Waals surface area contributed by atoms with Gasteiger partial charge in [-0.15, -0.1) is 5.53 Å². The number of benzene rings is 3. The van der Waals surface area contributed by atoms with Gasteiger partial charge in [0.15, 0.2) is 0 Å². The first kappa shape index (κ1) is 15.7. The molecule has 0 unspecified atom stereocenters. The number of aromatic nitrogens is 1. The number of hydrogen-bond acceptors (Lipinski definition) is 3. The Morgan fingerprint density at radius 2 is 1.73 bits per heavy atom. The summed E-state index contributed by atoms with van der Waals surface area (Å²) in [6.45, 7) is 0.453. The van der Waals surface area contributed by atoms with Crippen molar-refractivity contribution in [2.24, 2.45) is 5.22 Å². The van der Waals surface area contributed by atoms with Crippen LogP contribution in [0.5, 0.6) is 5.75 Å². The highest BCUT2D eigenvalue weighted by Gasteiger charge is 2.03. The van der Waals surface area contributed by atoms with Gasteiger partial charge in [0.05, 0.1) is 11.0 Å². The van der Waals surface area contributed by atoms with Crippen molar-refractivity contribution in [1.29, 1.82) is 0 Å². The van der Waals surface area contributed by atoms with Crippen molar-refractivity contribution in [3.05, 3.63) is 88.8 Å². The lowest BCUT2D eigenvalue weighted by Crippen LogP contribution is -1.96. The molecule has 0 bridgehead atoms. The number of nitrogens with one attached hydrogen (secondary N) is 1. The highest BCUT2D eigenvalue weighted by Crippen LogP contribution is 2.24. The molecule has 26 heavy (non-hydrogen) atoms. The van der Waals surface area contributed by atoms with Crippen molar-refractivity contribution < 1.29 is 4.74 Å². The normalized spacial score (nSPS) is 10.5. The maximum atomic E-state index is 8.30. The van der Waals surface area contributed by atoms with Crippen molar-refractivity contribution in [2.45, 2.75) is 6.61 Å². The molecule has 1 aromatic heterocycles. The SMILES string of the molecule is [N-]=[N+]=NNc1ccc(COc2ccc3nc4ccccc4cc3c2)cc1. The molecule has 4 aromatic rings. The molecule has 0 radical (unpaired) electrons. The molecular weight excluding hydrogens is 326 g/mol. The summed E-state index contributed by atoms with van der Waals surface area (Å²) in [5, 5.41) is 5.47. The van der Waals surface area contributed by atoms with Crippen LogP contribution in [0.2, 0.25) is 0 Å². The molecule has 1 N–H and O–H groups in total. The molecule has 0 fully saturated rings. The summed E-state index contributed by atoms with van der Waals surface area (Å²) in [5.41, 5.74) is 14.6. The maximum Gasteiger partial charge on any atom is 0.128 e. The molecule has 4 rings (SSSR count). The number of nitrogens with zero attached hydrogens (tertiary/aromatic N) is 4. The molecule has 0 saturated carbocycles. The Morgan fingerprint density at radius 3 is 2.58 bits per heavy atom. The number of hydrogen-bond donors (Lipinski definition) is 1. The summed E-state index contributed by atoms with van der Waals surface area (Å²) in [4.78, 5) is 7.33. The van der Waals surface area contributed by atoms with E-state index in [0.29, 0.717) is 6.61 Å². The van der Waals surface area contributed by atoms with Gasteiger partial charge in [-0.05, 0) is 53.3 Å². The number of anilines is 1. The topological polar surface area (TPSA) is 82.9 Å². The zero-order chi connectivity index (χ0) is 17.8. The van der Waals surface area contributed by atoms with Gasteiger partial charge in [-0.1, -0.05) is 30.3 Å². The van der Waals surface area contributed by atoms with Crippen LogP contribution in [0, 0.1) is 0 Å². The number of pyridine rings is 1. The van der Waals surface area contributed by atoms with E-state index in [-0.39, 0.29) is 0 Å². The average molecular weight is 341 g/mol. The molecule has 126 valence electrons. The third-order valence-corrected chi connectivity index (χ3v) is 4.07. The van der Waals surface area contributed by atoms with Crippen molar-refractivity contribution in [3.8, 4) is 5.75 Å². The second-order valence-electron chi connectivity index (χ2n) is 5.82. The number of para-hydroxylation sites is 1. The van der Waals surface area contributed by atoms with E-state index in [2.05, 4.69) is 32.7 Å². The lowest BCUT2D eigenvalue weighted by atomic mass is 10.1. The number of azide groups is 1. The lowest BCUT2D eigenvalue weighted by Gasteiger charge is -2.08. The Morgan fingerprint density at radius 1 is 0.923 bits per heavy atom. The summed E-state index contributed by atoms with van der Waals surface area (Å²) in [5.74, 6) is 0.797. The van der Waals surface area contributed by atoms with Gasteiger partial charge in [-0.2, -0.15) is 4.91 Å². The van der Waals surface area contributed by atoms with E-state index in [9.17, 15) is 0 Å². The fraction of sp³-hybridized carbons (Fsp3) is 0.0500.